The lowest BCUT2D eigenvalue weighted by Crippen LogP contribution is -2.17. The number of nitrogens with zero attached hydrogens (tertiary/aromatic N) is 3. The van der Waals surface area contributed by atoms with Crippen LogP contribution in [0.15, 0.2) is 42.1 Å². The van der Waals surface area contributed by atoms with Crippen molar-refractivity contribution in [3.05, 3.63) is 64.3 Å². The predicted octanol–water partition coefficient (Wildman–Crippen LogP) is 4.81. The molecular weight excluding hydrogens is 484 g/mol. The minimum atomic E-state index is -0.376. The monoisotopic (exact) mass is 512 g/mol. The summed E-state index contributed by atoms with van der Waals surface area (Å²) in [5.74, 6) is 0.966. The number of thioether (sulfide) groups is 1. The van der Waals surface area contributed by atoms with E-state index in [2.05, 4.69) is 22.1 Å². The Hall–Kier alpha value is -3.11. The van der Waals surface area contributed by atoms with Crippen LogP contribution >= 0.6 is 23.1 Å². The number of anilines is 1. The zero-order chi connectivity index (χ0) is 24.8. The highest BCUT2D eigenvalue weighted by Crippen LogP contribution is 2.39. The maximum Gasteiger partial charge on any atom is 0.341 e. The highest BCUT2D eigenvalue weighted by Gasteiger charge is 2.28. The van der Waals surface area contributed by atoms with Gasteiger partial charge >= 0.3 is 5.97 Å². The van der Waals surface area contributed by atoms with Gasteiger partial charge < -0.3 is 14.8 Å². The first-order valence-corrected chi connectivity index (χ1v) is 13.3. The number of nitrogens with one attached hydrogen (secondary N) is 1. The molecule has 2 heterocycles. The second kappa shape index (κ2) is 11.5. The molecule has 1 N–H and O–H groups in total. The van der Waals surface area contributed by atoms with Crippen LogP contribution in [0.1, 0.15) is 45.5 Å². The molecule has 1 aliphatic carbocycles. The van der Waals surface area contributed by atoms with E-state index < -0.39 is 0 Å². The van der Waals surface area contributed by atoms with Crippen LogP contribution in [0.4, 0.5) is 5.00 Å². The van der Waals surface area contributed by atoms with Crippen molar-refractivity contribution in [2.45, 2.75) is 51.4 Å². The first-order valence-electron chi connectivity index (χ1n) is 11.5. The summed E-state index contributed by atoms with van der Waals surface area (Å²) >= 11 is 2.75. The van der Waals surface area contributed by atoms with E-state index in [0.717, 1.165) is 41.0 Å². The number of benzene rings is 1. The van der Waals surface area contributed by atoms with Crippen molar-refractivity contribution in [2.75, 3.05) is 17.7 Å². The molecule has 0 radical (unpaired) electrons. The average molecular weight is 513 g/mol. The summed E-state index contributed by atoms with van der Waals surface area (Å²) in [6.45, 7) is 8.62. The summed E-state index contributed by atoms with van der Waals surface area (Å²) in [5.41, 5.74) is 2.56. The van der Waals surface area contributed by atoms with Crippen molar-refractivity contribution < 1.29 is 19.1 Å². The number of rotatable bonds is 11. The third kappa shape index (κ3) is 5.76. The molecule has 8 nitrogen and oxygen atoms in total. The molecule has 0 aliphatic heterocycles. The highest BCUT2D eigenvalue weighted by atomic mass is 32.2. The SMILES string of the molecule is C=CCn1c(COc2ccccc2C)nnc1SCC(=O)Nc1sc2c(c1C(=O)OCC)CCC2. The van der Waals surface area contributed by atoms with Crippen LogP contribution < -0.4 is 10.1 Å². The van der Waals surface area contributed by atoms with Gasteiger partial charge in [0.2, 0.25) is 5.91 Å². The number of amides is 1. The fraction of sp³-hybridized carbons (Fsp3) is 0.360. The van der Waals surface area contributed by atoms with Gasteiger partial charge in [-0.15, -0.1) is 28.1 Å². The molecule has 0 unspecified atom stereocenters. The van der Waals surface area contributed by atoms with Gasteiger partial charge in [0, 0.05) is 11.4 Å². The minimum absolute atomic E-state index is 0.124. The molecule has 0 fully saturated rings. The quantitative estimate of drug-likeness (QED) is 0.224. The van der Waals surface area contributed by atoms with E-state index in [1.165, 1.54) is 23.1 Å². The van der Waals surface area contributed by atoms with Gasteiger partial charge in [-0.1, -0.05) is 36.0 Å². The number of hydrogen-bond donors (Lipinski definition) is 1. The summed E-state index contributed by atoms with van der Waals surface area (Å²) < 4.78 is 13.0. The summed E-state index contributed by atoms with van der Waals surface area (Å²) in [5, 5.41) is 12.6. The van der Waals surface area contributed by atoms with E-state index in [0.29, 0.717) is 34.7 Å². The molecule has 1 amide bonds. The summed E-state index contributed by atoms with van der Waals surface area (Å²) in [7, 11) is 0. The molecule has 0 spiro atoms. The number of carbonyl (C=O) groups excluding carboxylic acids is 2. The van der Waals surface area contributed by atoms with E-state index in [4.69, 9.17) is 9.47 Å². The molecule has 0 saturated carbocycles. The minimum Gasteiger partial charge on any atom is -0.485 e. The smallest absolute Gasteiger partial charge is 0.341 e. The van der Waals surface area contributed by atoms with Gasteiger partial charge in [0.25, 0.3) is 0 Å². The fourth-order valence-corrected chi connectivity index (χ4v) is 5.97. The Labute approximate surface area is 212 Å². The second-order valence-electron chi connectivity index (χ2n) is 7.97. The standard InChI is InChI=1S/C25H28N4O4S2/c1-4-13-29-20(14-33-18-11-7-6-9-16(18)3)27-28-25(29)34-15-21(30)26-23-22(24(31)32-5-2)17-10-8-12-19(17)35-23/h4,6-7,9,11H,1,5,8,10,12-15H2,2-3H3,(H,26,30). The largest absolute Gasteiger partial charge is 0.485 e. The number of allylic oxidation sites excluding steroid dienone is 1. The molecule has 2 aromatic heterocycles. The van der Waals surface area contributed by atoms with Crippen LogP contribution in [0.2, 0.25) is 0 Å². The first kappa shape index (κ1) is 25.0. The van der Waals surface area contributed by atoms with E-state index in [-0.39, 0.29) is 24.2 Å². The first-order chi connectivity index (χ1) is 17.0. The Balaban J connectivity index is 1.42. The number of carbonyl (C=O) groups is 2. The molecule has 10 heteroatoms. The van der Waals surface area contributed by atoms with Gasteiger partial charge in [-0.3, -0.25) is 9.36 Å². The Bertz CT molecular complexity index is 1230. The van der Waals surface area contributed by atoms with Crippen LogP contribution in [0.3, 0.4) is 0 Å². The maximum absolute atomic E-state index is 12.8. The van der Waals surface area contributed by atoms with Crippen LogP contribution in [-0.4, -0.2) is 39.0 Å². The molecule has 184 valence electrons. The van der Waals surface area contributed by atoms with Gasteiger partial charge in [0.15, 0.2) is 11.0 Å². The van der Waals surface area contributed by atoms with E-state index in [1.54, 1.807) is 13.0 Å². The number of esters is 1. The van der Waals surface area contributed by atoms with Crippen molar-refractivity contribution >= 4 is 40.0 Å². The number of fused-ring (bicyclic) bond motifs is 1. The van der Waals surface area contributed by atoms with Crippen LogP contribution in [0.5, 0.6) is 5.75 Å². The number of aryl methyl sites for hydroxylation is 2. The molecule has 0 atom stereocenters. The van der Waals surface area contributed by atoms with Crippen molar-refractivity contribution in [3.63, 3.8) is 0 Å². The van der Waals surface area contributed by atoms with Crippen molar-refractivity contribution in [3.8, 4) is 5.75 Å². The predicted molar refractivity (Wildman–Crippen MR) is 137 cm³/mol. The lowest BCUT2D eigenvalue weighted by Gasteiger charge is -2.11. The third-order valence-electron chi connectivity index (χ3n) is 5.54. The Morgan fingerprint density at radius 3 is 2.89 bits per heavy atom. The molecule has 4 rings (SSSR count). The summed E-state index contributed by atoms with van der Waals surface area (Å²) in [6, 6.07) is 7.78. The van der Waals surface area contributed by atoms with Gasteiger partial charge in [-0.25, -0.2) is 4.79 Å². The zero-order valence-corrected chi connectivity index (χ0v) is 21.5. The molecular formula is C25H28N4O4S2. The van der Waals surface area contributed by atoms with Gasteiger partial charge in [-0.05, 0) is 50.3 Å². The normalized spacial score (nSPS) is 12.3. The van der Waals surface area contributed by atoms with Crippen molar-refractivity contribution in [2.24, 2.45) is 0 Å². The van der Waals surface area contributed by atoms with Crippen molar-refractivity contribution in [1.82, 2.24) is 14.8 Å². The molecule has 1 aromatic carbocycles. The van der Waals surface area contributed by atoms with E-state index in [9.17, 15) is 9.59 Å². The van der Waals surface area contributed by atoms with E-state index in [1.807, 2.05) is 35.8 Å². The second-order valence-corrected chi connectivity index (χ2v) is 10.0. The van der Waals surface area contributed by atoms with Gasteiger partial charge in [-0.2, -0.15) is 0 Å². The van der Waals surface area contributed by atoms with Crippen LogP contribution in [0.25, 0.3) is 0 Å². The van der Waals surface area contributed by atoms with Gasteiger partial charge in [0.05, 0.1) is 17.9 Å². The highest BCUT2D eigenvalue weighted by molar-refractivity contribution is 7.99. The molecule has 0 saturated heterocycles. The summed E-state index contributed by atoms with van der Waals surface area (Å²) in [4.78, 5) is 26.5. The summed E-state index contributed by atoms with van der Waals surface area (Å²) in [6.07, 6.45) is 4.54. The third-order valence-corrected chi connectivity index (χ3v) is 7.72. The Kier molecular flexibility index (Phi) is 8.25. The molecule has 0 bridgehead atoms. The van der Waals surface area contributed by atoms with Gasteiger partial charge in [0.1, 0.15) is 17.4 Å². The van der Waals surface area contributed by atoms with Crippen LogP contribution in [0, 0.1) is 6.92 Å². The Morgan fingerprint density at radius 2 is 2.11 bits per heavy atom. The molecule has 3 aromatic rings. The number of hydrogen-bond acceptors (Lipinski definition) is 8. The van der Waals surface area contributed by atoms with Crippen LogP contribution in [-0.2, 0) is 35.5 Å². The van der Waals surface area contributed by atoms with E-state index >= 15 is 0 Å². The molecule has 1 aliphatic rings. The topological polar surface area (TPSA) is 95.3 Å². The fourth-order valence-electron chi connectivity index (χ4n) is 3.91. The zero-order valence-electron chi connectivity index (χ0n) is 19.8. The molecule has 35 heavy (non-hydrogen) atoms. The number of thiophene rings is 1. The average Bonchev–Trinajstić information content (AvgIpc) is 3.52. The lowest BCUT2D eigenvalue weighted by atomic mass is 10.1. The number of para-hydroxylation sites is 1. The number of aromatic nitrogens is 3. The van der Waals surface area contributed by atoms with Crippen molar-refractivity contribution in [1.29, 1.82) is 0 Å². The maximum atomic E-state index is 12.8. The number of ether oxygens (including phenoxy) is 2. The lowest BCUT2D eigenvalue weighted by molar-refractivity contribution is -0.113. The Morgan fingerprint density at radius 1 is 1.29 bits per heavy atom.